The quantitative estimate of drug-likeness (QED) is 0.638. The second-order valence-electron chi connectivity index (χ2n) is 9.82. The number of aromatic nitrogens is 2. The molecule has 2 aromatic rings. The summed E-state index contributed by atoms with van der Waals surface area (Å²) in [6, 6.07) is 2.75. The minimum absolute atomic E-state index is 0.0196. The third kappa shape index (κ3) is 2.79. The van der Waals surface area contributed by atoms with Crippen LogP contribution < -0.4 is 4.87 Å². The summed E-state index contributed by atoms with van der Waals surface area (Å²) < 4.78 is 0. The number of fused-ring (bicyclic) bond motifs is 9. The zero-order valence-electron chi connectivity index (χ0n) is 18.0. The lowest BCUT2D eigenvalue weighted by molar-refractivity contribution is -0.157. The van der Waals surface area contributed by atoms with Crippen molar-refractivity contribution < 1.29 is 19.5 Å². The number of nitrogens with zero attached hydrogens (tertiary/aromatic N) is 2. The molecule has 0 spiro atoms. The summed E-state index contributed by atoms with van der Waals surface area (Å²) in [6.07, 6.45) is 4.31. The molecule has 1 saturated heterocycles. The van der Waals surface area contributed by atoms with Gasteiger partial charge in [-0.2, -0.15) is 0 Å². The lowest BCUT2D eigenvalue weighted by Crippen LogP contribution is -2.49. The Morgan fingerprint density at radius 2 is 1.94 bits per heavy atom. The molecule has 0 aromatic carbocycles. The largest absolute Gasteiger partial charge is 0.480 e. The van der Waals surface area contributed by atoms with Crippen LogP contribution in [0.3, 0.4) is 0 Å². The number of aliphatic carboxylic acids is 1. The Morgan fingerprint density at radius 3 is 2.58 bits per heavy atom. The van der Waals surface area contributed by atoms with Crippen LogP contribution in [0.2, 0.25) is 0 Å². The molecule has 4 heterocycles. The number of amides is 2. The number of carboxylic acids is 1. The number of aromatic amines is 1. The first kappa shape index (κ1) is 21.1. The van der Waals surface area contributed by atoms with Crippen LogP contribution in [0.15, 0.2) is 34.3 Å². The van der Waals surface area contributed by atoms with Gasteiger partial charge in [-0.1, -0.05) is 31.3 Å². The highest BCUT2D eigenvalue weighted by Gasteiger charge is 2.70. The zero-order chi connectivity index (χ0) is 23.2. The van der Waals surface area contributed by atoms with Crippen molar-refractivity contribution in [3.63, 3.8) is 0 Å². The van der Waals surface area contributed by atoms with Gasteiger partial charge in [0.25, 0.3) is 0 Å². The normalized spacial score (nSPS) is 35.0. The summed E-state index contributed by atoms with van der Waals surface area (Å²) in [6.45, 7) is 3.45. The van der Waals surface area contributed by atoms with Crippen LogP contribution in [0.25, 0.3) is 0 Å². The number of nitrogens with one attached hydrogen (secondary N) is 1. The molecule has 2 N–H and O–H groups in total. The van der Waals surface area contributed by atoms with Gasteiger partial charge in [0.2, 0.25) is 11.8 Å². The number of hydrogen-bond acceptors (Lipinski definition) is 7. The van der Waals surface area contributed by atoms with Gasteiger partial charge in [0.15, 0.2) is 0 Å². The molecule has 2 bridgehead atoms. The summed E-state index contributed by atoms with van der Waals surface area (Å²) in [5, 5.41) is 10.7. The maximum Gasteiger partial charge on any atom is 0.327 e. The molecule has 2 aliphatic heterocycles. The maximum atomic E-state index is 13.6. The average molecular weight is 486 g/mol. The number of rotatable bonds is 4. The molecule has 3 fully saturated rings. The number of H-pyrrole nitrogens is 1. The van der Waals surface area contributed by atoms with Gasteiger partial charge in [0, 0.05) is 28.4 Å². The number of hydrogen-bond donors (Lipinski definition) is 2. The number of carbonyl (C=O) groups excluding carboxylic acids is 2. The predicted molar refractivity (Wildman–Crippen MR) is 121 cm³/mol. The van der Waals surface area contributed by atoms with E-state index in [1.165, 1.54) is 11.3 Å². The highest BCUT2D eigenvalue weighted by atomic mass is 32.2. The van der Waals surface area contributed by atoms with E-state index in [1.807, 2.05) is 18.3 Å². The van der Waals surface area contributed by atoms with E-state index in [0.717, 1.165) is 26.8 Å². The Hall–Kier alpha value is -2.46. The fourth-order valence-corrected chi connectivity index (χ4v) is 9.83. The Bertz CT molecular complexity index is 1220. The van der Waals surface area contributed by atoms with E-state index in [-0.39, 0.29) is 51.5 Å². The molecule has 10 heteroatoms. The van der Waals surface area contributed by atoms with Crippen molar-refractivity contribution in [2.24, 2.45) is 35.5 Å². The molecule has 2 amide bonds. The Kier molecular flexibility index (Phi) is 4.65. The van der Waals surface area contributed by atoms with Crippen molar-refractivity contribution >= 4 is 40.9 Å². The predicted octanol–water partition coefficient (Wildman–Crippen LogP) is 2.41. The number of pyridine rings is 1. The molecule has 8 atom stereocenters. The molecule has 8 nitrogen and oxygen atoms in total. The van der Waals surface area contributed by atoms with E-state index in [0.29, 0.717) is 0 Å². The van der Waals surface area contributed by atoms with Gasteiger partial charge in [0.1, 0.15) is 6.04 Å². The molecular weight excluding hydrogens is 462 g/mol. The molecule has 0 unspecified atom stereocenters. The molecule has 33 heavy (non-hydrogen) atoms. The molecule has 2 saturated carbocycles. The van der Waals surface area contributed by atoms with Crippen LogP contribution in [0.5, 0.6) is 0 Å². The van der Waals surface area contributed by atoms with Crippen molar-refractivity contribution in [2.75, 3.05) is 0 Å². The van der Waals surface area contributed by atoms with Crippen LogP contribution in [0.4, 0.5) is 0 Å². The fraction of sp³-hybridized carbons (Fsp3) is 0.522. The highest BCUT2D eigenvalue weighted by Crippen LogP contribution is 2.68. The number of thioether (sulfide) groups is 1. The van der Waals surface area contributed by atoms with Crippen LogP contribution in [0, 0.1) is 35.5 Å². The second-order valence-corrected chi connectivity index (χ2v) is 12.0. The summed E-state index contributed by atoms with van der Waals surface area (Å²) in [7, 11) is 0. The van der Waals surface area contributed by atoms with Crippen molar-refractivity contribution in [2.45, 2.75) is 42.5 Å². The van der Waals surface area contributed by atoms with Gasteiger partial charge in [0.05, 0.1) is 16.9 Å². The SMILES string of the molecule is CC(C)[C@@H](C(=O)O)N1C(=O)[C@@H]2[C@@H]3C[C@@H]([C@@H]2C1=O)[C@H]1[C@@H](c2cccnc2)c2sc(=O)[nH]c2S[C@H]31. The first-order chi connectivity index (χ1) is 15.8. The molecule has 0 radical (unpaired) electrons. The molecular formula is C23H23N3O5S2. The topological polar surface area (TPSA) is 120 Å². The smallest absolute Gasteiger partial charge is 0.327 e. The third-order valence-corrected chi connectivity index (χ3v) is 10.6. The molecule has 6 rings (SSSR count). The van der Waals surface area contributed by atoms with Crippen molar-refractivity contribution in [1.82, 2.24) is 14.9 Å². The monoisotopic (exact) mass is 485 g/mol. The Balaban J connectivity index is 1.44. The van der Waals surface area contributed by atoms with Gasteiger partial charge in [-0.3, -0.25) is 24.3 Å². The number of likely N-dealkylation sites (tertiary alicyclic amines) is 1. The first-order valence-corrected chi connectivity index (χ1v) is 12.9. The van der Waals surface area contributed by atoms with E-state index < -0.39 is 23.8 Å². The standard InChI is InChI=1S/C23H23N3O5S2/c1-8(2)16(22(29)30)26-20(27)14-10-6-11(15(14)21(26)28)17-13(10)12(9-4-3-5-24-7-9)18-19(32-17)25-23(31)33-18/h3-5,7-8,10-17H,6H2,1-2H3,(H,25,31)(H,29,30)/t10-,11+,12-,13+,14+,15-,16+,17-/m1/s1. The van der Waals surface area contributed by atoms with E-state index in [1.54, 1.807) is 31.8 Å². The number of carboxylic acid groups (broad SMARTS) is 1. The average Bonchev–Trinajstić information content (AvgIpc) is 3.49. The van der Waals surface area contributed by atoms with Crippen LogP contribution in [-0.4, -0.2) is 49.0 Å². The van der Waals surface area contributed by atoms with Crippen molar-refractivity contribution in [3.8, 4) is 0 Å². The van der Waals surface area contributed by atoms with Crippen LogP contribution >= 0.6 is 23.1 Å². The van der Waals surface area contributed by atoms with Crippen molar-refractivity contribution in [3.05, 3.63) is 44.6 Å². The summed E-state index contributed by atoms with van der Waals surface area (Å²) in [5.41, 5.74) is 1.01. The number of carbonyl (C=O) groups is 3. The van der Waals surface area contributed by atoms with Gasteiger partial charge < -0.3 is 10.1 Å². The number of imide groups is 1. The van der Waals surface area contributed by atoms with E-state index in [9.17, 15) is 24.3 Å². The first-order valence-electron chi connectivity index (χ1n) is 11.2. The second kappa shape index (κ2) is 7.27. The Labute approximate surface area is 197 Å². The van der Waals surface area contributed by atoms with Crippen LogP contribution in [0.1, 0.15) is 36.6 Å². The fourth-order valence-electron chi connectivity index (χ4n) is 6.94. The summed E-state index contributed by atoms with van der Waals surface area (Å²) in [5.74, 6) is -3.17. The minimum atomic E-state index is -1.14. The third-order valence-electron chi connectivity index (χ3n) is 7.96. The molecule has 4 aliphatic rings. The molecule has 2 aliphatic carbocycles. The van der Waals surface area contributed by atoms with Gasteiger partial charge >= 0.3 is 10.8 Å². The Morgan fingerprint density at radius 1 is 1.21 bits per heavy atom. The maximum absolute atomic E-state index is 13.6. The van der Waals surface area contributed by atoms with E-state index in [2.05, 4.69) is 9.97 Å². The minimum Gasteiger partial charge on any atom is -0.480 e. The molecule has 2 aromatic heterocycles. The zero-order valence-corrected chi connectivity index (χ0v) is 19.6. The molecule has 172 valence electrons. The van der Waals surface area contributed by atoms with Crippen molar-refractivity contribution in [1.29, 1.82) is 0 Å². The lowest BCUT2D eigenvalue weighted by atomic mass is 9.68. The lowest BCUT2D eigenvalue weighted by Gasteiger charge is -2.42. The summed E-state index contributed by atoms with van der Waals surface area (Å²) >= 11 is 2.83. The van der Waals surface area contributed by atoms with Gasteiger partial charge in [-0.05, 0) is 41.7 Å². The summed E-state index contributed by atoms with van der Waals surface area (Å²) in [4.78, 5) is 60.5. The van der Waals surface area contributed by atoms with E-state index >= 15 is 0 Å². The van der Waals surface area contributed by atoms with Crippen LogP contribution in [-0.2, 0) is 14.4 Å². The van der Waals surface area contributed by atoms with Gasteiger partial charge in [-0.15, -0.1) is 11.8 Å². The highest BCUT2D eigenvalue weighted by molar-refractivity contribution is 8.00. The number of thiazole rings is 1. The van der Waals surface area contributed by atoms with Gasteiger partial charge in [-0.25, -0.2) is 4.79 Å². The van der Waals surface area contributed by atoms with E-state index in [4.69, 9.17) is 0 Å².